The van der Waals surface area contributed by atoms with E-state index < -0.39 is 46.9 Å². The number of aromatic nitrogens is 1. The summed E-state index contributed by atoms with van der Waals surface area (Å²) in [7, 11) is 1.43. The molecule has 11 heteroatoms. The summed E-state index contributed by atoms with van der Waals surface area (Å²) < 4.78 is 26.1. The van der Waals surface area contributed by atoms with Gasteiger partial charge in [-0.05, 0) is 49.4 Å². The Morgan fingerprint density at radius 3 is 2.24 bits per heavy atom. The first-order chi connectivity index (χ1) is 17.7. The van der Waals surface area contributed by atoms with Crippen molar-refractivity contribution in [2.45, 2.75) is 6.92 Å². The van der Waals surface area contributed by atoms with Gasteiger partial charge in [0, 0.05) is 29.0 Å². The molecule has 1 aliphatic carbocycles. The maximum Gasteiger partial charge on any atom is 0.310 e. The minimum Gasteiger partial charge on any atom is -0.497 e. The van der Waals surface area contributed by atoms with Crippen molar-refractivity contribution in [3.05, 3.63) is 82.0 Å². The molecule has 2 amide bonds. The summed E-state index contributed by atoms with van der Waals surface area (Å²) in [6.07, 6.45) is 1.44. The zero-order chi connectivity index (χ0) is 26.7. The molecule has 3 aromatic rings. The van der Waals surface area contributed by atoms with Crippen molar-refractivity contribution in [1.82, 2.24) is 4.57 Å². The van der Waals surface area contributed by atoms with Crippen LogP contribution >= 0.6 is 11.6 Å². The molecule has 2 aromatic carbocycles. The molecule has 9 nitrogen and oxygen atoms in total. The van der Waals surface area contributed by atoms with E-state index >= 15 is 0 Å². The van der Waals surface area contributed by atoms with E-state index in [0.717, 1.165) is 6.07 Å². The highest BCUT2D eigenvalue weighted by Crippen LogP contribution is 2.48. The molecule has 3 unspecified atom stereocenters. The average molecular weight is 528 g/mol. The molecule has 0 bridgehead atoms. The van der Waals surface area contributed by atoms with Crippen LogP contribution in [0, 0.1) is 23.6 Å². The van der Waals surface area contributed by atoms with Gasteiger partial charge in [-0.15, -0.1) is 0 Å². The number of anilines is 2. The number of nitrogens with one attached hydrogen (secondary N) is 2. The van der Waals surface area contributed by atoms with Crippen LogP contribution in [0.4, 0.5) is 15.8 Å². The van der Waals surface area contributed by atoms with Crippen LogP contribution in [0.1, 0.15) is 6.92 Å². The van der Waals surface area contributed by atoms with E-state index in [1.165, 1.54) is 36.1 Å². The Hall–Kier alpha value is -4.18. The van der Waals surface area contributed by atoms with Crippen molar-refractivity contribution in [3.8, 4) is 11.4 Å². The van der Waals surface area contributed by atoms with Gasteiger partial charge in [-0.3, -0.25) is 23.7 Å². The number of halogens is 2. The highest BCUT2D eigenvalue weighted by atomic mass is 35.5. The highest BCUT2D eigenvalue weighted by molar-refractivity contribution is 6.30. The third-order valence-electron chi connectivity index (χ3n) is 5.91. The Balaban J connectivity index is 1.50. The van der Waals surface area contributed by atoms with Crippen LogP contribution in [0.3, 0.4) is 0 Å². The van der Waals surface area contributed by atoms with E-state index in [-0.39, 0.29) is 18.0 Å². The van der Waals surface area contributed by atoms with E-state index in [4.69, 9.17) is 21.1 Å². The van der Waals surface area contributed by atoms with Gasteiger partial charge in [0.15, 0.2) is 0 Å². The van der Waals surface area contributed by atoms with Crippen molar-refractivity contribution < 1.29 is 28.2 Å². The van der Waals surface area contributed by atoms with Gasteiger partial charge in [0.05, 0.1) is 42.8 Å². The van der Waals surface area contributed by atoms with E-state index in [1.54, 1.807) is 37.3 Å². The number of carbonyl (C=O) groups is 3. The van der Waals surface area contributed by atoms with Gasteiger partial charge in [0.2, 0.25) is 11.8 Å². The fourth-order valence-electron chi connectivity index (χ4n) is 4.03. The number of carbonyl (C=O) groups excluding carboxylic acids is 3. The molecule has 0 aliphatic heterocycles. The summed E-state index contributed by atoms with van der Waals surface area (Å²) in [5.41, 5.74) is 0.0830. The largest absolute Gasteiger partial charge is 0.497 e. The molecule has 0 saturated heterocycles. The lowest BCUT2D eigenvalue weighted by molar-refractivity contribution is -0.146. The number of esters is 1. The molecule has 1 aromatic heterocycles. The van der Waals surface area contributed by atoms with Crippen LogP contribution in [-0.2, 0) is 19.1 Å². The maximum atomic E-state index is 14.9. The van der Waals surface area contributed by atoms with Crippen LogP contribution in [0.5, 0.6) is 5.75 Å². The lowest BCUT2D eigenvalue weighted by atomic mass is 10.2. The number of benzene rings is 2. The molecule has 1 saturated carbocycles. The molecule has 0 radical (unpaired) electrons. The van der Waals surface area contributed by atoms with Crippen molar-refractivity contribution >= 4 is 40.8 Å². The van der Waals surface area contributed by atoms with Crippen molar-refractivity contribution in [2.24, 2.45) is 17.8 Å². The van der Waals surface area contributed by atoms with E-state index in [2.05, 4.69) is 10.6 Å². The Kier molecular flexibility index (Phi) is 7.58. The predicted molar refractivity (Wildman–Crippen MR) is 134 cm³/mol. The zero-order valence-corrected chi connectivity index (χ0v) is 20.6. The van der Waals surface area contributed by atoms with Gasteiger partial charge in [-0.1, -0.05) is 11.6 Å². The van der Waals surface area contributed by atoms with Gasteiger partial charge in [0.1, 0.15) is 11.6 Å². The molecule has 1 aliphatic rings. The molecule has 37 heavy (non-hydrogen) atoms. The topological polar surface area (TPSA) is 116 Å². The Morgan fingerprint density at radius 1 is 0.973 bits per heavy atom. The SMILES string of the molecule is CCOC(=O)C1C(C(=O)Nc2ccc(Cl)cc2)C1C(=O)Nc1ccc(-n2ccc(OC)cc2=O)cc1F. The minimum atomic E-state index is -1.05. The number of methoxy groups -OCH3 is 1. The summed E-state index contributed by atoms with van der Waals surface area (Å²) in [6, 6.07) is 13.0. The third-order valence-corrected chi connectivity index (χ3v) is 6.16. The summed E-state index contributed by atoms with van der Waals surface area (Å²) in [4.78, 5) is 50.5. The Bertz CT molecular complexity index is 1410. The van der Waals surface area contributed by atoms with Gasteiger partial charge in [0.25, 0.3) is 5.56 Å². The molecule has 2 N–H and O–H groups in total. The van der Waals surface area contributed by atoms with Crippen LogP contribution in [0.25, 0.3) is 5.69 Å². The second-order valence-corrected chi connectivity index (χ2v) is 8.69. The third kappa shape index (κ3) is 5.64. The fourth-order valence-corrected chi connectivity index (χ4v) is 4.15. The Morgan fingerprint density at radius 2 is 1.65 bits per heavy atom. The standard InChI is InChI=1S/C26H23ClFN3O6/c1-3-37-26(35)23-21(24(33)29-15-6-4-14(27)5-7-15)22(23)25(34)30-19-9-8-16(12-18(19)28)31-11-10-17(36-2)13-20(31)32/h4-13,21-23H,3H2,1-2H3,(H,29,33)(H,30,34). The van der Waals surface area contributed by atoms with Gasteiger partial charge in [-0.2, -0.15) is 0 Å². The monoisotopic (exact) mass is 527 g/mol. The molecular weight excluding hydrogens is 505 g/mol. The molecule has 4 rings (SSSR count). The summed E-state index contributed by atoms with van der Waals surface area (Å²) >= 11 is 5.86. The number of hydrogen-bond acceptors (Lipinski definition) is 6. The second-order valence-electron chi connectivity index (χ2n) is 8.25. The van der Waals surface area contributed by atoms with Crippen molar-refractivity contribution in [3.63, 3.8) is 0 Å². The molecule has 192 valence electrons. The number of ether oxygens (including phenoxy) is 2. The van der Waals surface area contributed by atoms with Crippen LogP contribution < -0.4 is 20.9 Å². The maximum absolute atomic E-state index is 14.9. The van der Waals surface area contributed by atoms with E-state index in [0.29, 0.717) is 16.5 Å². The number of nitrogens with zero attached hydrogens (tertiary/aromatic N) is 1. The summed E-state index contributed by atoms with van der Waals surface area (Å²) in [5, 5.41) is 5.58. The quantitative estimate of drug-likeness (QED) is 0.432. The average Bonchev–Trinajstić information content (AvgIpc) is 3.63. The number of hydrogen-bond donors (Lipinski definition) is 2. The van der Waals surface area contributed by atoms with Crippen molar-refractivity contribution in [2.75, 3.05) is 24.4 Å². The molecule has 1 heterocycles. The molecule has 3 atom stereocenters. The first-order valence-electron chi connectivity index (χ1n) is 11.3. The number of amides is 2. The van der Waals surface area contributed by atoms with Crippen LogP contribution in [0.15, 0.2) is 65.6 Å². The van der Waals surface area contributed by atoms with E-state index in [1.807, 2.05) is 0 Å². The van der Waals surface area contributed by atoms with Crippen LogP contribution in [-0.4, -0.2) is 36.1 Å². The minimum absolute atomic E-state index is 0.0794. The summed E-state index contributed by atoms with van der Waals surface area (Å²) in [5.74, 6) is -5.42. The van der Waals surface area contributed by atoms with Gasteiger partial charge in [-0.25, -0.2) is 4.39 Å². The molecular formula is C26H23ClFN3O6. The number of pyridine rings is 1. The lowest BCUT2D eigenvalue weighted by Crippen LogP contribution is -2.21. The number of rotatable bonds is 8. The van der Waals surface area contributed by atoms with Gasteiger partial charge < -0.3 is 20.1 Å². The lowest BCUT2D eigenvalue weighted by Gasteiger charge is -2.10. The van der Waals surface area contributed by atoms with Crippen molar-refractivity contribution in [1.29, 1.82) is 0 Å². The Labute approximate surface area is 216 Å². The smallest absolute Gasteiger partial charge is 0.310 e. The molecule has 0 spiro atoms. The normalized spacial score (nSPS) is 18.0. The first kappa shape index (κ1) is 25.9. The highest BCUT2D eigenvalue weighted by Gasteiger charge is 2.63. The second kappa shape index (κ2) is 10.8. The predicted octanol–water partition coefficient (Wildman–Crippen LogP) is 3.64. The summed E-state index contributed by atoms with van der Waals surface area (Å²) in [6.45, 7) is 1.69. The fraction of sp³-hybridized carbons (Fsp3) is 0.231. The zero-order valence-electron chi connectivity index (χ0n) is 19.9. The van der Waals surface area contributed by atoms with Crippen LogP contribution in [0.2, 0.25) is 5.02 Å². The van der Waals surface area contributed by atoms with Gasteiger partial charge >= 0.3 is 5.97 Å². The molecule has 1 fully saturated rings. The first-order valence-corrected chi connectivity index (χ1v) is 11.7. The van der Waals surface area contributed by atoms with E-state index in [9.17, 15) is 23.6 Å².